The van der Waals surface area contributed by atoms with Crippen molar-refractivity contribution in [3.05, 3.63) is 0 Å². The van der Waals surface area contributed by atoms with Gasteiger partial charge in [-0.2, -0.15) is 0 Å². The number of carbonyl (C=O) groups is 1. The van der Waals surface area contributed by atoms with E-state index in [9.17, 15) is 20.1 Å². The van der Waals surface area contributed by atoms with Gasteiger partial charge >= 0.3 is 5.97 Å². The minimum atomic E-state index is -0.369. The number of ether oxygens (including phenoxy) is 1. The second-order valence-corrected chi connectivity index (χ2v) is 11.6. The molecule has 0 aliphatic heterocycles. The smallest absolute Gasteiger partial charge is 0.305 e. The first-order valence-electron chi connectivity index (χ1n) is 12.2. The zero-order chi connectivity index (χ0) is 21.8. The van der Waals surface area contributed by atoms with Gasteiger partial charge in [0, 0.05) is 6.42 Å². The van der Waals surface area contributed by atoms with Crippen LogP contribution < -0.4 is 0 Å². The van der Waals surface area contributed by atoms with Gasteiger partial charge in [0.05, 0.1) is 25.4 Å². The summed E-state index contributed by atoms with van der Waals surface area (Å²) in [6, 6.07) is 0. The summed E-state index contributed by atoms with van der Waals surface area (Å²) in [6.45, 7) is 6.85. The largest absolute Gasteiger partial charge is 0.469 e. The summed E-state index contributed by atoms with van der Waals surface area (Å²) in [5, 5.41) is 33.1. The number of hydrogen-bond donors (Lipinski definition) is 3. The Bertz CT molecular complexity index is 651. The lowest BCUT2D eigenvalue weighted by molar-refractivity contribution is -0.207. The zero-order valence-corrected chi connectivity index (χ0v) is 19.2. The Kier molecular flexibility index (Phi) is 6.04. The van der Waals surface area contributed by atoms with Crippen molar-refractivity contribution in [2.45, 2.75) is 96.9 Å². The second-order valence-electron chi connectivity index (χ2n) is 11.6. The minimum Gasteiger partial charge on any atom is -0.469 e. The van der Waals surface area contributed by atoms with Gasteiger partial charge in [0.2, 0.25) is 0 Å². The maximum atomic E-state index is 11.7. The molecular formula is C25H42O5. The van der Waals surface area contributed by atoms with E-state index >= 15 is 0 Å². The number of hydrogen-bond acceptors (Lipinski definition) is 5. The van der Waals surface area contributed by atoms with Crippen molar-refractivity contribution in [1.82, 2.24) is 0 Å². The van der Waals surface area contributed by atoms with E-state index in [-0.39, 0.29) is 41.0 Å². The van der Waals surface area contributed by atoms with E-state index in [1.165, 1.54) is 7.11 Å². The molecule has 4 fully saturated rings. The average Bonchev–Trinajstić information content (AvgIpc) is 3.06. The molecule has 11 atom stereocenters. The summed E-state index contributed by atoms with van der Waals surface area (Å²) in [4.78, 5) is 11.7. The van der Waals surface area contributed by atoms with Gasteiger partial charge in [-0.3, -0.25) is 4.79 Å². The molecule has 3 N–H and O–H groups in total. The van der Waals surface area contributed by atoms with Crippen LogP contribution in [0.2, 0.25) is 0 Å². The molecule has 5 heteroatoms. The summed E-state index contributed by atoms with van der Waals surface area (Å²) in [5.41, 5.74) is -0.0882. The molecule has 0 radical (unpaired) electrons. The topological polar surface area (TPSA) is 87.0 Å². The van der Waals surface area contributed by atoms with Crippen molar-refractivity contribution in [1.29, 1.82) is 0 Å². The Morgan fingerprint density at radius 3 is 2.50 bits per heavy atom. The highest BCUT2D eigenvalue weighted by Gasteiger charge is 2.65. The minimum absolute atomic E-state index is 0.111. The Hall–Kier alpha value is -0.650. The van der Waals surface area contributed by atoms with Crippen LogP contribution in [0.1, 0.15) is 78.6 Å². The van der Waals surface area contributed by atoms with Gasteiger partial charge in [0.25, 0.3) is 0 Å². The number of rotatable bonds is 4. The van der Waals surface area contributed by atoms with Gasteiger partial charge in [0.15, 0.2) is 0 Å². The summed E-state index contributed by atoms with van der Waals surface area (Å²) in [5.74, 6) is 1.81. The predicted molar refractivity (Wildman–Crippen MR) is 114 cm³/mol. The normalized spacial score (nSPS) is 51.4. The predicted octanol–water partition coefficient (Wildman–Crippen LogP) is 3.54. The third kappa shape index (κ3) is 3.34. The van der Waals surface area contributed by atoms with E-state index in [2.05, 4.69) is 20.8 Å². The standard InChI is InChI=1S/C25H42O5/c1-14(5-8-22(29)30-4)17-6-7-18-23-19(13-21(28)25(17,18)3)24(2)10-9-16(26)11-15(24)12-20(23)27/h14-21,23,26-28H,5-13H2,1-4H3/t14?,15?,16?,17?,18?,19?,20?,21?,23?,24-,25+/m0/s1. The van der Waals surface area contributed by atoms with Crippen LogP contribution in [-0.2, 0) is 9.53 Å². The maximum Gasteiger partial charge on any atom is 0.305 e. The highest BCUT2D eigenvalue weighted by molar-refractivity contribution is 5.69. The lowest BCUT2D eigenvalue weighted by atomic mass is 9.43. The quantitative estimate of drug-likeness (QED) is 0.603. The lowest BCUT2D eigenvalue weighted by Crippen LogP contribution is -2.62. The average molecular weight is 423 g/mol. The lowest BCUT2D eigenvalue weighted by Gasteiger charge is -2.63. The Balaban J connectivity index is 1.58. The van der Waals surface area contributed by atoms with Crippen LogP contribution in [0.15, 0.2) is 0 Å². The van der Waals surface area contributed by atoms with Crippen molar-refractivity contribution in [2.75, 3.05) is 7.11 Å². The van der Waals surface area contributed by atoms with Gasteiger partial charge in [-0.1, -0.05) is 20.8 Å². The molecule has 0 aromatic carbocycles. The first kappa shape index (κ1) is 22.5. The molecule has 4 aliphatic carbocycles. The van der Waals surface area contributed by atoms with E-state index in [0.29, 0.717) is 36.0 Å². The van der Waals surface area contributed by atoms with Gasteiger partial charge in [-0.25, -0.2) is 0 Å². The molecule has 4 saturated carbocycles. The second kappa shape index (κ2) is 8.04. The molecule has 9 unspecified atom stereocenters. The molecule has 5 nitrogen and oxygen atoms in total. The van der Waals surface area contributed by atoms with Crippen LogP contribution in [0.4, 0.5) is 0 Å². The fourth-order valence-corrected chi connectivity index (χ4v) is 8.78. The number of aliphatic hydroxyl groups excluding tert-OH is 3. The fourth-order valence-electron chi connectivity index (χ4n) is 8.78. The van der Waals surface area contributed by atoms with Crippen LogP contribution >= 0.6 is 0 Å². The summed E-state index contributed by atoms with van der Waals surface area (Å²) >= 11 is 0. The molecule has 4 aliphatic rings. The van der Waals surface area contributed by atoms with Crippen molar-refractivity contribution in [2.24, 2.45) is 46.3 Å². The van der Waals surface area contributed by atoms with Crippen LogP contribution in [0.25, 0.3) is 0 Å². The first-order chi connectivity index (χ1) is 14.1. The Labute approximate surface area is 181 Å². The molecule has 0 spiro atoms. The van der Waals surface area contributed by atoms with E-state index in [1.807, 2.05) is 0 Å². The Morgan fingerprint density at radius 1 is 1.07 bits per heavy atom. The Morgan fingerprint density at radius 2 is 1.80 bits per heavy atom. The maximum absolute atomic E-state index is 11.7. The van der Waals surface area contributed by atoms with Gasteiger partial charge in [0.1, 0.15) is 0 Å². The van der Waals surface area contributed by atoms with Crippen LogP contribution in [0, 0.1) is 46.3 Å². The molecule has 4 rings (SSSR count). The number of esters is 1. The molecule has 0 bridgehead atoms. The van der Waals surface area contributed by atoms with E-state index < -0.39 is 0 Å². The van der Waals surface area contributed by atoms with Crippen LogP contribution in [-0.4, -0.2) is 46.7 Å². The van der Waals surface area contributed by atoms with Crippen molar-refractivity contribution in [3.63, 3.8) is 0 Å². The van der Waals surface area contributed by atoms with Crippen molar-refractivity contribution in [3.8, 4) is 0 Å². The third-order valence-corrected chi connectivity index (χ3v) is 10.6. The van der Waals surface area contributed by atoms with Crippen molar-refractivity contribution >= 4 is 5.97 Å². The zero-order valence-electron chi connectivity index (χ0n) is 19.2. The first-order valence-corrected chi connectivity index (χ1v) is 12.2. The van der Waals surface area contributed by atoms with Gasteiger partial charge in [-0.15, -0.1) is 0 Å². The molecular weight excluding hydrogens is 380 g/mol. The summed E-state index contributed by atoms with van der Waals surface area (Å²) < 4.78 is 4.83. The molecule has 0 amide bonds. The van der Waals surface area contributed by atoms with Crippen LogP contribution in [0.3, 0.4) is 0 Å². The third-order valence-electron chi connectivity index (χ3n) is 10.6. The van der Waals surface area contributed by atoms with Gasteiger partial charge in [-0.05, 0) is 97.7 Å². The highest BCUT2D eigenvalue weighted by atomic mass is 16.5. The molecule has 0 aromatic rings. The molecule has 172 valence electrons. The summed E-state index contributed by atoms with van der Waals surface area (Å²) in [6.07, 6.45) is 6.60. The number of aliphatic hydroxyl groups is 3. The fraction of sp³-hybridized carbons (Fsp3) is 0.960. The summed E-state index contributed by atoms with van der Waals surface area (Å²) in [7, 11) is 1.44. The SMILES string of the molecule is COC(=O)CCC(C)C1CCC2C3C(O)CC4CC(O)CC[C@]4(C)C3CC(O)[C@]12C. The molecule has 0 saturated heterocycles. The monoisotopic (exact) mass is 422 g/mol. The highest BCUT2D eigenvalue weighted by Crippen LogP contribution is 2.68. The van der Waals surface area contributed by atoms with E-state index in [1.54, 1.807) is 0 Å². The molecule has 0 heterocycles. The molecule has 0 aromatic heterocycles. The van der Waals surface area contributed by atoms with Crippen LogP contribution in [0.5, 0.6) is 0 Å². The number of fused-ring (bicyclic) bond motifs is 5. The van der Waals surface area contributed by atoms with Crippen molar-refractivity contribution < 1.29 is 24.9 Å². The van der Waals surface area contributed by atoms with Gasteiger partial charge < -0.3 is 20.1 Å². The molecule has 30 heavy (non-hydrogen) atoms. The number of methoxy groups -OCH3 is 1. The van der Waals surface area contributed by atoms with E-state index in [4.69, 9.17) is 4.74 Å². The van der Waals surface area contributed by atoms with E-state index in [0.717, 1.165) is 51.4 Å². The number of carbonyl (C=O) groups excluding carboxylic acids is 1.